The molecule has 0 radical (unpaired) electrons. The fraction of sp³-hybridized carbons (Fsp3) is 0.333. The number of hydrogen-bond acceptors (Lipinski definition) is 4. The molecule has 15 heavy (non-hydrogen) atoms. The van der Waals surface area contributed by atoms with Crippen LogP contribution in [-0.4, -0.2) is 20.9 Å². The average molecular weight is 228 g/mol. The summed E-state index contributed by atoms with van der Waals surface area (Å²) in [5, 5.41) is 0. The summed E-state index contributed by atoms with van der Waals surface area (Å²) in [7, 11) is -3.33. The van der Waals surface area contributed by atoms with Crippen LogP contribution in [0.4, 0.5) is 5.69 Å². The first kappa shape index (κ1) is 10.3. The predicted octanol–water partition coefficient (Wildman–Crippen LogP) is 0.279. The van der Waals surface area contributed by atoms with Crippen LogP contribution in [0.15, 0.2) is 18.2 Å². The fourth-order valence-electron chi connectivity index (χ4n) is 1.44. The molecule has 0 fully saturated rings. The Hall–Kier alpha value is -1.27. The minimum atomic E-state index is -3.33. The van der Waals surface area contributed by atoms with Crippen LogP contribution < -0.4 is 15.2 Å². The molecule has 0 bridgehead atoms. The normalized spacial score (nSPS) is 17.4. The van der Waals surface area contributed by atoms with E-state index in [4.69, 9.17) is 10.5 Å². The first-order chi connectivity index (χ1) is 7.11. The summed E-state index contributed by atoms with van der Waals surface area (Å²) in [4.78, 5) is 0. The smallest absolute Gasteiger partial charge is 0.268 e. The molecule has 3 N–H and O–H groups in total. The Labute approximate surface area is 88.3 Å². The highest BCUT2D eigenvalue weighted by molar-refractivity contribution is 7.92. The Bertz CT molecular complexity index is 470. The van der Waals surface area contributed by atoms with Gasteiger partial charge in [-0.2, -0.15) is 0 Å². The molecule has 0 atom stereocenters. The van der Waals surface area contributed by atoms with E-state index in [1.807, 2.05) is 6.07 Å². The summed E-state index contributed by atoms with van der Waals surface area (Å²) >= 11 is 0. The van der Waals surface area contributed by atoms with Crippen molar-refractivity contribution in [1.82, 2.24) is 0 Å². The van der Waals surface area contributed by atoms with E-state index in [0.717, 1.165) is 12.0 Å². The summed E-state index contributed by atoms with van der Waals surface area (Å²) in [5.74, 6) is 0.238. The van der Waals surface area contributed by atoms with Crippen molar-refractivity contribution in [3.8, 4) is 5.75 Å². The van der Waals surface area contributed by atoms with Gasteiger partial charge in [0.1, 0.15) is 5.75 Å². The molecule has 0 aliphatic carbocycles. The zero-order chi connectivity index (χ0) is 10.9. The molecular formula is C9H12N2O3S. The molecule has 2 rings (SSSR count). The third kappa shape index (κ3) is 2.21. The molecule has 0 aromatic heterocycles. The summed E-state index contributed by atoms with van der Waals surface area (Å²) < 4.78 is 30.0. The van der Waals surface area contributed by atoms with Crippen LogP contribution in [0.2, 0.25) is 0 Å². The lowest BCUT2D eigenvalue weighted by molar-refractivity contribution is 0.374. The van der Waals surface area contributed by atoms with E-state index in [0.29, 0.717) is 18.0 Å². The minimum absolute atomic E-state index is 0.323. The predicted molar refractivity (Wildman–Crippen MR) is 57.2 cm³/mol. The van der Waals surface area contributed by atoms with Gasteiger partial charge >= 0.3 is 0 Å². The van der Waals surface area contributed by atoms with E-state index in [-0.39, 0.29) is 5.94 Å². The zero-order valence-electron chi connectivity index (χ0n) is 8.06. The molecule has 6 heteroatoms. The number of ether oxygens (including phenoxy) is 1. The highest BCUT2D eigenvalue weighted by Crippen LogP contribution is 2.30. The van der Waals surface area contributed by atoms with E-state index in [1.54, 1.807) is 12.1 Å². The van der Waals surface area contributed by atoms with E-state index in [1.165, 1.54) is 0 Å². The van der Waals surface area contributed by atoms with Crippen LogP contribution in [0.25, 0.3) is 0 Å². The summed E-state index contributed by atoms with van der Waals surface area (Å²) in [6, 6.07) is 5.38. The molecule has 1 aromatic carbocycles. The third-order valence-electron chi connectivity index (χ3n) is 2.11. The minimum Gasteiger partial charge on any atom is -0.474 e. The van der Waals surface area contributed by atoms with Crippen molar-refractivity contribution in [3.63, 3.8) is 0 Å². The monoisotopic (exact) mass is 228 g/mol. The maximum atomic E-state index is 11.2. The molecule has 0 amide bonds. The Balaban J connectivity index is 2.35. The fourth-order valence-corrected chi connectivity index (χ4v) is 2.28. The standard InChI is InChI=1S/C9H12N2O3S/c10-4-3-7-1-2-9-8(5-7)11-15(12,13)6-14-9/h1-2,5,11H,3-4,6,10H2. The lowest BCUT2D eigenvalue weighted by atomic mass is 10.1. The SMILES string of the molecule is NCCc1ccc2c(c1)NS(=O)(=O)CO2. The van der Waals surface area contributed by atoms with E-state index >= 15 is 0 Å². The topological polar surface area (TPSA) is 81.4 Å². The lowest BCUT2D eigenvalue weighted by Crippen LogP contribution is -2.25. The molecule has 0 unspecified atom stereocenters. The van der Waals surface area contributed by atoms with Gasteiger partial charge in [-0.05, 0) is 30.7 Å². The van der Waals surface area contributed by atoms with Gasteiger partial charge in [0.15, 0.2) is 0 Å². The summed E-state index contributed by atoms with van der Waals surface area (Å²) in [6.45, 7) is 0.534. The van der Waals surface area contributed by atoms with Gasteiger partial charge in [-0.3, -0.25) is 4.72 Å². The number of sulfonamides is 1. The molecule has 82 valence electrons. The van der Waals surface area contributed by atoms with Crippen LogP contribution in [0.5, 0.6) is 5.75 Å². The summed E-state index contributed by atoms with van der Waals surface area (Å²) in [6.07, 6.45) is 0.717. The maximum Gasteiger partial charge on any atom is 0.268 e. The van der Waals surface area contributed by atoms with Crippen LogP contribution in [-0.2, 0) is 16.4 Å². The number of rotatable bonds is 2. The molecule has 1 aromatic rings. The average Bonchev–Trinajstić information content (AvgIpc) is 2.16. The zero-order valence-corrected chi connectivity index (χ0v) is 8.88. The van der Waals surface area contributed by atoms with Crippen molar-refractivity contribution in [1.29, 1.82) is 0 Å². The number of anilines is 1. The van der Waals surface area contributed by atoms with Crippen LogP contribution in [0.1, 0.15) is 5.56 Å². The second kappa shape index (κ2) is 3.71. The van der Waals surface area contributed by atoms with E-state index < -0.39 is 10.0 Å². The molecule has 5 nitrogen and oxygen atoms in total. The molecular weight excluding hydrogens is 216 g/mol. The van der Waals surface area contributed by atoms with Gasteiger partial charge in [-0.15, -0.1) is 0 Å². The van der Waals surface area contributed by atoms with Gasteiger partial charge in [0.25, 0.3) is 10.0 Å². The van der Waals surface area contributed by atoms with Crippen molar-refractivity contribution < 1.29 is 13.2 Å². The van der Waals surface area contributed by atoms with Crippen molar-refractivity contribution in [3.05, 3.63) is 23.8 Å². The first-order valence-electron chi connectivity index (χ1n) is 4.57. The number of nitrogens with two attached hydrogens (primary N) is 1. The number of fused-ring (bicyclic) bond motifs is 1. The molecule has 0 saturated heterocycles. The van der Waals surface area contributed by atoms with Crippen LogP contribution in [0.3, 0.4) is 0 Å². The second-order valence-electron chi connectivity index (χ2n) is 3.35. The van der Waals surface area contributed by atoms with Crippen molar-refractivity contribution >= 4 is 15.7 Å². The van der Waals surface area contributed by atoms with Gasteiger partial charge in [0.05, 0.1) is 5.69 Å². The Morgan fingerprint density at radius 1 is 1.47 bits per heavy atom. The van der Waals surface area contributed by atoms with Crippen LogP contribution in [0, 0.1) is 0 Å². The first-order valence-corrected chi connectivity index (χ1v) is 6.22. The highest BCUT2D eigenvalue weighted by atomic mass is 32.2. The van der Waals surface area contributed by atoms with Gasteiger partial charge in [0, 0.05) is 0 Å². The van der Waals surface area contributed by atoms with Crippen molar-refractivity contribution in [2.45, 2.75) is 6.42 Å². The van der Waals surface area contributed by atoms with E-state index in [9.17, 15) is 8.42 Å². The van der Waals surface area contributed by atoms with Gasteiger partial charge < -0.3 is 10.5 Å². The van der Waals surface area contributed by atoms with Crippen molar-refractivity contribution in [2.24, 2.45) is 5.73 Å². The second-order valence-corrected chi connectivity index (χ2v) is 5.02. The Morgan fingerprint density at radius 2 is 2.27 bits per heavy atom. The molecule has 1 aliphatic heterocycles. The Kier molecular flexibility index (Phi) is 2.54. The lowest BCUT2D eigenvalue weighted by Gasteiger charge is -2.19. The summed E-state index contributed by atoms with van der Waals surface area (Å²) in [5.41, 5.74) is 6.90. The van der Waals surface area contributed by atoms with Crippen molar-refractivity contribution in [2.75, 3.05) is 17.2 Å². The third-order valence-corrected chi connectivity index (χ3v) is 3.07. The molecule has 1 aliphatic rings. The maximum absolute atomic E-state index is 11.2. The molecule has 1 heterocycles. The largest absolute Gasteiger partial charge is 0.474 e. The van der Waals surface area contributed by atoms with Crippen LogP contribution >= 0.6 is 0 Å². The molecule has 0 spiro atoms. The van der Waals surface area contributed by atoms with Gasteiger partial charge in [-0.1, -0.05) is 6.07 Å². The highest BCUT2D eigenvalue weighted by Gasteiger charge is 2.20. The van der Waals surface area contributed by atoms with Gasteiger partial charge in [0.2, 0.25) is 5.94 Å². The number of benzene rings is 1. The van der Waals surface area contributed by atoms with E-state index in [2.05, 4.69) is 4.72 Å². The Morgan fingerprint density at radius 3 is 3.00 bits per heavy atom. The quantitative estimate of drug-likeness (QED) is 0.761. The van der Waals surface area contributed by atoms with Gasteiger partial charge in [-0.25, -0.2) is 8.42 Å². The molecule has 0 saturated carbocycles. The number of nitrogens with one attached hydrogen (secondary N) is 1. The number of hydrogen-bond donors (Lipinski definition) is 2.